The third-order valence-corrected chi connectivity index (χ3v) is 5.23. The van der Waals surface area contributed by atoms with E-state index in [2.05, 4.69) is 5.32 Å². The van der Waals surface area contributed by atoms with Gasteiger partial charge in [0.05, 0.1) is 13.7 Å². The Morgan fingerprint density at radius 3 is 2.03 bits per heavy atom. The van der Waals surface area contributed by atoms with Crippen molar-refractivity contribution >= 4 is 33.3 Å². The van der Waals surface area contributed by atoms with E-state index in [1.54, 1.807) is 48.5 Å². The molecule has 0 saturated heterocycles. The van der Waals surface area contributed by atoms with Crippen molar-refractivity contribution in [1.29, 1.82) is 0 Å². The molecule has 2 heteroatoms. The van der Waals surface area contributed by atoms with Gasteiger partial charge in [-0.25, -0.2) is 0 Å². The molecule has 0 aliphatic carbocycles. The van der Waals surface area contributed by atoms with Crippen LogP contribution in [0, 0.1) is 0 Å². The van der Waals surface area contributed by atoms with Crippen molar-refractivity contribution in [3.63, 3.8) is 0 Å². The zero-order valence-corrected chi connectivity index (χ0v) is 16.7. The van der Waals surface area contributed by atoms with Crippen LogP contribution in [0.5, 0.6) is 0 Å². The van der Waals surface area contributed by atoms with Gasteiger partial charge in [-0.3, -0.25) is 0 Å². The molecular formula is C30H21NO. The van der Waals surface area contributed by atoms with Crippen LogP contribution in [0.2, 0.25) is 0 Å². The molecule has 0 fully saturated rings. The number of furan rings is 1. The average Bonchev–Trinajstić information content (AvgIpc) is 3.37. The Balaban J connectivity index is 1.42. The molecule has 0 unspecified atom stereocenters. The maximum Gasteiger partial charge on any atom is 0.136 e. The second kappa shape index (κ2) is 7.75. The van der Waals surface area contributed by atoms with Gasteiger partial charge >= 0.3 is 0 Å². The molecule has 0 aliphatic rings. The lowest BCUT2D eigenvalue weighted by molar-refractivity contribution is 0.669. The van der Waals surface area contributed by atoms with E-state index in [1.807, 2.05) is 12.1 Å². The van der Waals surface area contributed by atoms with E-state index in [0.717, 1.165) is 0 Å². The molecule has 6 aromatic rings. The Bertz CT molecular complexity index is 2010. The van der Waals surface area contributed by atoms with Crippen LogP contribution in [-0.2, 0) is 0 Å². The minimum Gasteiger partial charge on any atom is -0.456 e. The van der Waals surface area contributed by atoms with Crippen LogP contribution in [0.15, 0.2) is 126 Å². The highest BCUT2D eigenvalue weighted by Gasteiger charge is 2.13. The second-order valence-electron chi connectivity index (χ2n) is 7.19. The first-order chi connectivity index (χ1) is 20.0. The second-order valence-corrected chi connectivity index (χ2v) is 7.19. The smallest absolute Gasteiger partial charge is 0.136 e. The first-order valence-corrected chi connectivity index (χ1v) is 9.96. The summed E-state index contributed by atoms with van der Waals surface area (Å²) < 4.78 is 87.3. The Hall–Kier alpha value is -4.30. The zero-order valence-electron chi connectivity index (χ0n) is 26.7. The van der Waals surface area contributed by atoms with Crippen molar-refractivity contribution in [2.75, 3.05) is 5.32 Å². The molecule has 32 heavy (non-hydrogen) atoms. The monoisotopic (exact) mass is 421 g/mol. The highest BCUT2D eigenvalue weighted by molar-refractivity contribution is 6.13. The molecule has 0 radical (unpaired) electrons. The first kappa shape index (κ1) is 10.8. The molecule has 5 aromatic carbocycles. The number of rotatable bonds is 4. The molecule has 0 aliphatic heterocycles. The summed E-state index contributed by atoms with van der Waals surface area (Å²) in [5.41, 5.74) is 3.61. The van der Waals surface area contributed by atoms with E-state index >= 15 is 0 Å². The average molecular weight is 422 g/mol. The topological polar surface area (TPSA) is 25.2 Å². The maximum atomic E-state index is 8.47. The third-order valence-electron chi connectivity index (χ3n) is 5.23. The van der Waals surface area contributed by atoms with Crippen LogP contribution in [0.1, 0.15) is 13.7 Å². The maximum absolute atomic E-state index is 8.47. The predicted octanol–water partition coefficient (Wildman–Crippen LogP) is 8.66. The number of hydrogen-bond acceptors (Lipinski definition) is 2. The Labute approximate surface area is 200 Å². The number of hydrogen-bond donors (Lipinski definition) is 1. The normalized spacial score (nSPS) is 15.5. The molecule has 0 spiro atoms. The van der Waals surface area contributed by atoms with Gasteiger partial charge in [0.2, 0.25) is 0 Å². The van der Waals surface area contributed by atoms with Crippen molar-refractivity contribution < 1.29 is 18.1 Å². The van der Waals surface area contributed by atoms with Gasteiger partial charge in [0.25, 0.3) is 0 Å². The lowest BCUT2D eigenvalue weighted by Crippen LogP contribution is -1.90. The van der Waals surface area contributed by atoms with E-state index in [1.165, 1.54) is 0 Å². The van der Waals surface area contributed by atoms with Crippen molar-refractivity contribution in [2.45, 2.75) is 0 Å². The van der Waals surface area contributed by atoms with Crippen LogP contribution in [0.4, 0.5) is 11.4 Å². The van der Waals surface area contributed by atoms with Gasteiger partial charge < -0.3 is 9.73 Å². The standard InChI is InChI=1S/C30H21NO/c1-3-8-21(9-4-1)22-14-16-24(17-15-22)31-25-18-19-28-27(20-25)30-26(12-7-13-29(30)32-28)23-10-5-2-6-11-23/h1-20,31H/i1D,2D,3D,4D,5D,6D,8D,9D,10D,11D. The Morgan fingerprint density at radius 2 is 1.28 bits per heavy atom. The van der Waals surface area contributed by atoms with Crippen molar-refractivity contribution in [1.82, 2.24) is 0 Å². The molecule has 1 aromatic heterocycles. The Morgan fingerprint density at radius 1 is 0.594 bits per heavy atom. The summed E-state index contributed by atoms with van der Waals surface area (Å²) in [6, 6.07) is 13.9. The van der Waals surface area contributed by atoms with Gasteiger partial charge in [0.15, 0.2) is 0 Å². The molecule has 1 heterocycles. The van der Waals surface area contributed by atoms with Gasteiger partial charge in [0.1, 0.15) is 11.2 Å². The number of nitrogens with one attached hydrogen (secondary N) is 1. The zero-order chi connectivity index (χ0) is 30.0. The molecule has 152 valence electrons. The van der Waals surface area contributed by atoms with E-state index in [4.69, 9.17) is 18.1 Å². The van der Waals surface area contributed by atoms with Crippen LogP contribution >= 0.6 is 0 Å². The SMILES string of the molecule is [2H]c1c([2H])c([2H])c(-c2ccc(Nc3ccc4oc5cccc(-c6c([2H])c([2H])c([2H])c([2H])c6[2H])c5c4c3)cc2)c([2H])c1[2H]. The summed E-state index contributed by atoms with van der Waals surface area (Å²) in [5, 5.41) is 4.60. The molecule has 0 atom stereocenters. The highest BCUT2D eigenvalue weighted by atomic mass is 16.3. The molecule has 0 saturated carbocycles. The summed E-state index contributed by atoms with van der Waals surface area (Å²) in [4.78, 5) is 0. The van der Waals surface area contributed by atoms with Crippen LogP contribution in [0.3, 0.4) is 0 Å². The van der Waals surface area contributed by atoms with Crippen molar-refractivity contribution in [3.8, 4) is 22.3 Å². The van der Waals surface area contributed by atoms with E-state index in [9.17, 15) is 0 Å². The minimum atomic E-state index is -0.456. The van der Waals surface area contributed by atoms with Crippen LogP contribution < -0.4 is 5.32 Å². The fourth-order valence-corrected chi connectivity index (χ4v) is 3.78. The van der Waals surface area contributed by atoms with Crippen LogP contribution in [0.25, 0.3) is 44.2 Å². The van der Waals surface area contributed by atoms with Gasteiger partial charge in [-0.1, -0.05) is 84.7 Å². The molecule has 1 N–H and O–H groups in total. The summed E-state index contributed by atoms with van der Waals surface area (Å²) in [6.45, 7) is 0. The third kappa shape index (κ3) is 3.32. The van der Waals surface area contributed by atoms with Gasteiger partial charge in [0, 0.05) is 22.1 Å². The van der Waals surface area contributed by atoms with E-state index in [0.29, 0.717) is 44.4 Å². The summed E-state index contributed by atoms with van der Waals surface area (Å²) in [5.74, 6) is 0. The summed E-state index contributed by atoms with van der Waals surface area (Å²) in [7, 11) is 0. The van der Waals surface area contributed by atoms with Gasteiger partial charge in [-0.05, 0) is 58.7 Å². The number of fused-ring (bicyclic) bond motifs is 3. The Kier molecular flexibility index (Phi) is 2.62. The molecule has 0 bridgehead atoms. The summed E-state index contributed by atoms with van der Waals surface area (Å²) >= 11 is 0. The fourth-order valence-electron chi connectivity index (χ4n) is 3.78. The minimum absolute atomic E-state index is 0.0934. The van der Waals surface area contributed by atoms with E-state index < -0.39 is 36.3 Å². The lowest BCUT2D eigenvalue weighted by atomic mass is 9.99. The fraction of sp³-hybridized carbons (Fsp3) is 0. The first-order valence-electron chi connectivity index (χ1n) is 15.0. The molecule has 2 nitrogen and oxygen atoms in total. The molecule has 0 amide bonds. The van der Waals surface area contributed by atoms with E-state index in [-0.39, 0.29) is 35.3 Å². The summed E-state index contributed by atoms with van der Waals surface area (Å²) in [6.07, 6.45) is 0. The molecular weight excluding hydrogens is 390 g/mol. The lowest BCUT2D eigenvalue weighted by Gasteiger charge is -2.08. The molecule has 6 rings (SSSR count). The number of anilines is 2. The highest BCUT2D eigenvalue weighted by Crippen LogP contribution is 2.38. The van der Waals surface area contributed by atoms with Crippen molar-refractivity contribution in [2.24, 2.45) is 0 Å². The van der Waals surface area contributed by atoms with Crippen LogP contribution in [-0.4, -0.2) is 0 Å². The largest absolute Gasteiger partial charge is 0.456 e. The number of benzene rings is 5. The van der Waals surface area contributed by atoms with Gasteiger partial charge in [-0.15, -0.1) is 0 Å². The quantitative estimate of drug-likeness (QED) is 0.308. The predicted molar refractivity (Wildman–Crippen MR) is 134 cm³/mol. The van der Waals surface area contributed by atoms with Gasteiger partial charge in [-0.2, -0.15) is 0 Å². The van der Waals surface area contributed by atoms with Crippen molar-refractivity contribution in [3.05, 3.63) is 121 Å².